The average Bonchev–Trinajstić information content (AvgIpc) is 3.59. The van der Waals surface area contributed by atoms with Crippen LogP contribution in [0.15, 0.2) is 54.6 Å². The average molecular weight is 443 g/mol. The van der Waals surface area contributed by atoms with Gasteiger partial charge in [-0.05, 0) is 60.4 Å². The Balaban J connectivity index is 1.70. The smallest absolute Gasteiger partial charge is 0.262 e. The first-order chi connectivity index (χ1) is 14.9. The molecule has 0 aromatic heterocycles. The molecule has 31 heavy (non-hydrogen) atoms. The third kappa shape index (κ3) is 4.26. The van der Waals surface area contributed by atoms with E-state index in [-0.39, 0.29) is 17.4 Å². The topological polar surface area (TPSA) is 76.4 Å². The monoisotopic (exact) mass is 443 g/mol. The van der Waals surface area contributed by atoms with Gasteiger partial charge in [0.2, 0.25) is 0 Å². The fourth-order valence-electron chi connectivity index (χ4n) is 3.23. The van der Waals surface area contributed by atoms with E-state index in [1.54, 1.807) is 30.3 Å². The normalized spacial score (nSPS) is 14.0. The van der Waals surface area contributed by atoms with Crippen LogP contribution < -0.4 is 9.62 Å². The van der Waals surface area contributed by atoms with E-state index in [0.29, 0.717) is 29.5 Å². The zero-order valence-corrected chi connectivity index (χ0v) is 16.8. The minimum Gasteiger partial charge on any atom is -0.349 e. The standard InChI is InChI=1S/C22H16F3N3O2S/c23-17-8-10-20(28(31(29)30)16-6-7-16)22(21(17)25)27-19-9-5-15(11-18(19)24)14-3-1-13(12-26)2-4-14/h1-5,8-11,16,27H,6-7H2,(H,29,30). The Bertz CT molecular complexity index is 1210. The van der Waals surface area contributed by atoms with E-state index >= 15 is 0 Å². The first-order valence-corrected chi connectivity index (χ1v) is 10.4. The number of anilines is 3. The summed E-state index contributed by atoms with van der Waals surface area (Å²) in [5.74, 6) is -3.16. The highest BCUT2D eigenvalue weighted by molar-refractivity contribution is 7.80. The molecule has 1 atom stereocenters. The van der Waals surface area contributed by atoms with Crippen molar-refractivity contribution in [1.82, 2.24) is 0 Å². The van der Waals surface area contributed by atoms with Gasteiger partial charge in [-0.3, -0.25) is 8.86 Å². The molecule has 0 bridgehead atoms. The molecular weight excluding hydrogens is 427 g/mol. The molecule has 0 radical (unpaired) electrons. The third-order valence-electron chi connectivity index (χ3n) is 4.93. The van der Waals surface area contributed by atoms with Crippen LogP contribution in [0.2, 0.25) is 0 Å². The maximum Gasteiger partial charge on any atom is 0.262 e. The molecule has 1 aliphatic carbocycles. The number of rotatable bonds is 6. The Kier molecular flexibility index (Phi) is 5.67. The van der Waals surface area contributed by atoms with Gasteiger partial charge in [-0.15, -0.1) is 0 Å². The van der Waals surface area contributed by atoms with Gasteiger partial charge in [0.05, 0.1) is 23.0 Å². The number of halogens is 3. The van der Waals surface area contributed by atoms with Crippen molar-refractivity contribution in [3.8, 4) is 17.2 Å². The number of nitrogens with zero attached hydrogens (tertiary/aromatic N) is 2. The summed E-state index contributed by atoms with van der Waals surface area (Å²) in [6, 6.07) is 14.5. The second kappa shape index (κ2) is 8.41. The number of nitrogens with one attached hydrogen (secondary N) is 1. The summed E-state index contributed by atoms with van der Waals surface area (Å²) in [6.07, 6.45) is 1.27. The molecule has 9 heteroatoms. The van der Waals surface area contributed by atoms with Crippen LogP contribution in [-0.2, 0) is 11.3 Å². The van der Waals surface area contributed by atoms with Crippen molar-refractivity contribution < 1.29 is 21.9 Å². The molecule has 158 valence electrons. The van der Waals surface area contributed by atoms with Crippen molar-refractivity contribution in [2.75, 3.05) is 9.62 Å². The predicted octanol–water partition coefficient (Wildman–Crippen LogP) is 5.49. The highest BCUT2D eigenvalue weighted by atomic mass is 32.2. The SMILES string of the molecule is N#Cc1ccc(-c2ccc(Nc3c(N(C4CC4)S(=O)O)ccc(F)c3F)c(F)c2)cc1. The molecule has 4 rings (SSSR count). The number of hydrogen-bond acceptors (Lipinski definition) is 3. The van der Waals surface area contributed by atoms with Crippen LogP contribution in [0, 0.1) is 28.8 Å². The molecule has 1 fully saturated rings. The minimum absolute atomic E-state index is 0.0298. The molecule has 0 heterocycles. The number of nitriles is 1. The van der Waals surface area contributed by atoms with Crippen molar-refractivity contribution in [2.24, 2.45) is 0 Å². The first kappa shape index (κ1) is 20.9. The molecule has 1 aliphatic rings. The van der Waals surface area contributed by atoms with E-state index in [9.17, 15) is 21.9 Å². The summed E-state index contributed by atoms with van der Waals surface area (Å²) in [7, 11) is 0. The quantitative estimate of drug-likeness (QED) is 0.494. The largest absolute Gasteiger partial charge is 0.349 e. The second-order valence-electron chi connectivity index (χ2n) is 7.05. The summed E-state index contributed by atoms with van der Waals surface area (Å²) in [5, 5.41) is 11.4. The lowest BCUT2D eigenvalue weighted by atomic mass is 10.0. The molecule has 0 amide bonds. The van der Waals surface area contributed by atoms with E-state index in [0.717, 1.165) is 10.4 Å². The van der Waals surface area contributed by atoms with Gasteiger partial charge in [-0.25, -0.2) is 17.4 Å². The second-order valence-corrected chi connectivity index (χ2v) is 7.91. The molecule has 3 aromatic rings. The Morgan fingerprint density at radius 2 is 1.68 bits per heavy atom. The van der Waals surface area contributed by atoms with Crippen molar-refractivity contribution in [3.63, 3.8) is 0 Å². The van der Waals surface area contributed by atoms with Crippen LogP contribution in [0.5, 0.6) is 0 Å². The van der Waals surface area contributed by atoms with Crippen molar-refractivity contribution in [1.29, 1.82) is 5.26 Å². The van der Waals surface area contributed by atoms with Crippen molar-refractivity contribution in [3.05, 3.63) is 77.6 Å². The highest BCUT2D eigenvalue weighted by Crippen LogP contribution is 2.40. The lowest BCUT2D eigenvalue weighted by molar-refractivity contribution is 0.511. The Labute approximate surface area is 179 Å². The zero-order chi connectivity index (χ0) is 22.1. The van der Waals surface area contributed by atoms with Crippen LogP contribution in [0.4, 0.5) is 30.2 Å². The van der Waals surface area contributed by atoms with E-state index in [4.69, 9.17) is 5.26 Å². The summed E-state index contributed by atoms with van der Waals surface area (Å²) in [6.45, 7) is 0. The van der Waals surface area contributed by atoms with Gasteiger partial charge in [0.25, 0.3) is 11.3 Å². The highest BCUT2D eigenvalue weighted by Gasteiger charge is 2.35. The van der Waals surface area contributed by atoms with Gasteiger partial charge in [-0.1, -0.05) is 18.2 Å². The predicted molar refractivity (Wildman–Crippen MR) is 112 cm³/mol. The molecule has 1 unspecified atom stereocenters. The van der Waals surface area contributed by atoms with Gasteiger partial charge >= 0.3 is 0 Å². The van der Waals surface area contributed by atoms with E-state index in [1.165, 1.54) is 18.2 Å². The van der Waals surface area contributed by atoms with Gasteiger partial charge in [0, 0.05) is 6.04 Å². The Morgan fingerprint density at radius 3 is 2.26 bits per heavy atom. The molecular formula is C22H16F3N3O2S. The van der Waals surface area contributed by atoms with Crippen LogP contribution in [0.1, 0.15) is 18.4 Å². The summed E-state index contributed by atoms with van der Waals surface area (Å²) in [4.78, 5) is 0. The Hall–Kier alpha value is -3.35. The molecule has 3 aromatic carbocycles. The fraction of sp³-hybridized carbons (Fsp3) is 0.136. The maximum absolute atomic E-state index is 14.8. The summed E-state index contributed by atoms with van der Waals surface area (Å²) < 4.78 is 65.8. The zero-order valence-electron chi connectivity index (χ0n) is 16.0. The number of hydrogen-bond donors (Lipinski definition) is 2. The van der Waals surface area contributed by atoms with E-state index in [1.807, 2.05) is 6.07 Å². The van der Waals surface area contributed by atoms with Crippen LogP contribution in [-0.4, -0.2) is 14.8 Å². The lowest BCUT2D eigenvalue weighted by Gasteiger charge is -2.23. The maximum atomic E-state index is 14.8. The van der Waals surface area contributed by atoms with Crippen LogP contribution in [0.25, 0.3) is 11.1 Å². The van der Waals surface area contributed by atoms with Crippen molar-refractivity contribution >= 4 is 28.3 Å². The number of benzene rings is 3. The van der Waals surface area contributed by atoms with Gasteiger partial charge < -0.3 is 5.32 Å². The molecule has 2 N–H and O–H groups in total. The third-order valence-corrected chi connectivity index (χ3v) is 5.76. The fourth-order valence-corrected chi connectivity index (χ4v) is 4.01. The van der Waals surface area contributed by atoms with Gasteiger partial charge in [-0.2, -0.15) is 5.26 Å². The molecule has 0 spiro atoms. The van der Waals surface area contributed by atoms with Crippen LogP contribution >= 0.6 is 0 Å². The molecule has 1 saturated carbocycles. The van der Waals surface area contributed by atoms with Crippen LogP contribution in [0.3, 0.4) is 0 Å². The van der Waals surface area contributed by atoms with Crippen molar-refractivity contribution in [2.45, 2.75) is 18.9 Å². The molecule has 5 nitrogen and oxygen atoms in total. The summed E-state index contributed by atoms with van der Waals surface area (Å²) >= 11 is -2.45. The van der Waals surface area contributed by atoms with E-state index in [2.05, 4.69) is 5.32 Å². The lowest BCUT2D eigenvalue weighted by Crippen LogP contribution is -2.28. The minimum atomic E-state index is -2.45. The Morgan fingerprint density at radius 1 is 1.00 bits per heavy atom. The first-order valence-electron chi connectivity index (χ1n) is 9.34. The molecule has 0 aliphatic heterocycles. The van der Waals surface area contributed by atoms with Gasteiger partial charge in [0.15, 0.2) is 11.6 Å². The van der Waals surface area contributed by atoms with Gasteiger partial charge in [0.1, 0.15) is 11.5 Å². The van der Waals surface area contributed by atoms with E-state index < -0.39 is 34.4 Å². The summed E-state index contributed by atoms with van der Waals surface area (Å²) in [5.41, 5.74) is 1.11. The molecule has 0 saturated heterocycles.